The number of amides is 2. The van der Waals surface area contributed by atoms with E-state index in [0.29, 0.717) is 44.0 Å². The lowest BCUT2D eigenvalue weighted by atomic mass is 10.1. The SMILES string of the molecule is CCOc1ccc(NC(=O)c2ccc(N3CCCC3=O)cc2)cc1S(=O)(=O)N1CCOCC1. The zero-order valence-corrected chi connectivity index (χ0v) is 19.3. The van der Waals surface area contributed by atoms with E-state index in [9.17, 15) is 18.0 Å². The zero-order valence-electron chi connectivity index (χ0n) is 18.5. The molecule has 0 radical (unpaired) electrons. The average molecular weight is 474 g/mol. The Morgan fingerprint density at radius 1 is 1.09 bits per heavy atom. The van der Waals surface area contributed by atoms with E-state index in [2.05, 4.69) is 5.32 Å². The predicted molar refractivity (Wildman–Crippen MR) is 123 cm³/mol. The molecule has 0 bridgehead atoms. The van der Waals surface area contributed by atoms with Gasteiger partial charge in [0.1, 0.15) is 10.6 Å². The van der Waals surface area contributed by atoms with Crippen LogP contribution in [-0.2, 0) is 19.6 Å². The lowest BCUT2D eigenvalue weighted by Crippen LogP contribution is -2.40. The molecule has 2 saturated heterocycles. The monoisotopic (exact) mass is 473 g/mol. The Kier molecular flexibility index (Phi) is 6.96. The van der Waals surface area contributed by atoms with Crippen molar-refractivity contribution in [3.63, 3.8) is 0 Å². The number of nitrogens with zero attached hydrogens (tertiary/aromatic N) is 2. The summed E-state index contributed by atoms with van der Waals surface area (Å²) in [6.07, 6.45) is 1.37. The summed E-state index contributed by atoms with van der Waals surface area (Å²) in [6, 6.07) is 11.4. The van der Waals surface area contributed by atoms with Crippen molar-refractivity contribution in [3.8, 4) is 5.75 Å². The minimum absolute atomic E-state index is 0.00643. The van der Waals surface area contributed by atoms with Crippen LogP contribution in [0.5, 0.6) is 5.75 Å². The van der Waals surface area contributed by atoms with Gasteiger partial charge in [0.05, 0.1) is 19.8 Å². The maximum Gasteiger partial charge on any atom is 0.255 e. The number of nitrogens with one attached hydrogen (secondary N) is 1. The molecule has 0 aliphatic carbocycles. The molecule has 1 N–H and O–H groups in total. The second-order valence-electron chi connectivity index (χ2n) is 7.76. The van der Waals surface area contributed by atoms with E-state index in [4.69, 9.17) is 9.47 Å². The molecule has 0 unspecified atom stereocenters. The molecule has 9 nitrogen and oxygen atoms in total. The first-order chi connectivity index (χ1) is 15.9. The van der Waals surface area contributed by atoms with Crippen molar-refractivity contribution >= 4 is 33.2 Å². The number of rotatable bonds is 7. The zero-order chi connectivity index (χ0) is 23.4. The molecule has 0 spiro atoms. The van der Waals surface area contributed by atoms with Crippen LogP contribution >= 0.6 is 0 Å². The Labute approximate surface area is 193 Å². The van der Waals surface area contributed by atoms with Crippen molar-refractivity contribution in [3.05, 3.63) is 48.0 Å². The third-order valence-electron chi connectivity index (χ3n) is 5.60. The smallest absolute Gasteiger partial charge is 0.255 e. The fraction of sp³-hybridized carbons (Fsp3) is 0.391. The number of benzene rings is 2. The Hall–Kier alpha value is -2.95. The molecule has 2 fully saturated rings. The van der Waals surface area contributed by atoms with Gasteiger partial charge in [0.25, 0.3) is 5.91 Å². The molecule has 2 aliphatic rings. The van der Waals surface area contributed by atoms with Crippen molar-refractivity contribution < 1.29 is 27.5 Å². The summed E-state index contributed by atoms with van der Waals surface area (Å²) in [6.45, 7) is 3.95. The number of carbonyl (C=O) groups is 2. The Morgan fingerprint density at radius 3 is 2.45 bits per heavy atom. The summed E-state index contributed by atoms with van der Waals surface area (Å²) in [5, 5.41) is 2.76. The highest BCUT2D eigenvalue weighted by molar-refractivity contribution is 7.89. The molecular formula is C23H27N3O6S. The van der Waals surface area contributed by atoms with Gasteiger partial charge in [-0.1, -0.05) is 0 Å². The van der Waals surface area contributed by atoms with Crippen molar-refractivity contribution in [1.82, 2.24) is 4.31 Å². The minimum Gasteiger partial charge on any atom is -0.492 e. The van der Waals surface area contributed by atoms with Crippen molar-refractivity contribution in [1.29, 1.82) is 0 Å². The second-order valence-corrected chi connectivity index (χ2v) is 9.67. The highest BCUT2D eigenvalue weighted by atomic mass is 32.2. The molecule has 0 saturated carbocycles. The molecule has 33 heavy (non-hydrogen) atoms. The summed E-state index contributed by atoms with van der Waals surface area (Å²) in [4.78, 5) is 26.4. The molecular weight excluding hydrogens is 446 g/mol. The van der Waals surface area contributed by atoms with Gasteiger partial charge in [-0.25, -0.2) is 8.42 Å². The number of hydrogen-bond acceptors (Lipinski definition) is 6. The van der Waals surface area contributed by atoms with Crippen molar-refractivity contribution in [2.75, 3.05) is 49.7 Å². The maximum atomic E-state index is 13.2. The fourth-order valence-corrected chi connectivity index (χ4v) is 5.47. The van der Waals surface area contributed by atoms with Gasteiger partial charge in [-0.05, 0) is 55.8 Å². The van der Waals surface area contributed by atoms with Crippen LogP contribution in [0.2, 0.25) is 0 Å². The summed E-state index contributed by atoms with van der Waals surface area (Å²) in [5.74, 6) is -0.0644. The first-order valence-electron chi connectivity index (χ1n) is 11.0. The summed E-state index contributed by atoms with van der Waals surface area (Å²) >= 11 is 0. The Balaban J connectivity index is 1.54. The van der Waals surface area contributed by atoms with Crippen molar-refractivity contribution in [2.24, 2.45) is 0 Å². The standard InChI is InChI=1S/C23H27N3O6S/c1-2-32-20-10-7-18(16-21(20)33(29,30)25-12-14-31-15-13-25)24-23(28)17-5-8-19(9-6-17)26-11-3-4-22(26)27/h5-10,16H,2-4,11-15H2,1H3,(H,24,28). The number of morpholine rings is 1. The molecule has 2 aromatic rings. The van der Waals surface area contributed by atoms with Gasteiger partial charge in [-0.3, -0.25) is 9.59 Å². The summed E-state index contributed by atoms with van der Waals surface area (Å²) < 4.78 is 38.6. The highest BCUT2D eigenvalue weighted by Gasteiger charge is 2.30. The lowest BCUT2D eigenvalue weighted by molar-refractivity contribution is -0.117. The van der Waals surface area contributed by atoms with Crippen LogP contribution in [0.3, 0.4) is 0 Å². The number of ether oxygens (including phenoxy) is 2. The second kappa shape index (κ2) is 9.90. The van der Waals surface area contributed by atoms with Gasteiger partial charge >= 0.3 is 0 Å². The Morgan fingerprint density at radius 2 is 1.82 bits per heavy atom. The van der Waals surface area contributed by atoms with Gasteiger partial charge in [-0.15, -0.1) is 0 Å². The fourth-order valence-electron chi connectivity index (χ4n) is 3.91. The maximum absolute atomic E-state index is 13.2. The molecule has 0 aromatic heterocycles. The summed E-state index contributed by atoms with van der Waals surface area (Å²) in [5.41, 5.74) is 1.50. The Bertz CT molecular complexity index is 1130. The van der Waals surface area contributed by atoms with E-state index in [0.717, 1.165) is 12.1 Å². The minimum atomic E-state index is -3.82. The van der Waals surface area contributed by atoms with Gasteiger partial charge in [-0.2, -0.15) is 4.31 Å². The topological polar surface area (TPSA) is 105 Å². The summed E-state index contributed by atoms with van der Waals surface area (Å²) in [7, 11) is -3.82. The van der Waals surface area contributed by atoms with Gasteiger partial charge in [0, 0.05) is 43.0 Å². The normalized spacial score (nSPS) is 17.2. The number of hydrogen-bond donors (Lipinski definition) is 1. The van der Waals surface area contributed by atoms with Gasteiger partial charge < -0.3 is 19.7 Å². The third-order valence-corrected chi connectivity index (χ3v) is 7.52. The van der Waals surface area contributed by atoms with E-state index >= 15 is 0 Å². The van der Waals surface area contributed by atoms with Crippen molar-refractivity contribution in [2.45, 2.75) is 24.7 Å². The van der Waals surface area contributed by atoms with Crippen LogP contribution < -0.4 is 15.0 Å². The van der Waals surface area contributed by atoms with Crippen LogP contribution in [0.15, 0.2) is 47.4 Å². The van der Waals surface area contributed by atoms with E-state index in [1.807, 2.05) is 0 Å². The van der Waals surface area contributed by atoms with Gasteiger partial charge in [0.15, 0.2) is 0 Å². The molecule has 2 heterocycles. The lowest BCUT2D eigenvalue weighted by Gasteiger charge is -2.27. The van der Waals surface area contributed by atoms with Crippen LogP contribution in [0.4, 0.5) is 11.4 Å². The predicted octanol–water partition coefficient (Wildman–Crippen LogP) is 2.49. The number of carbonyl (C=O) groups excluding carboxylic acids is 2. The molecule has 2 amide bonds. The van der Waals surface area contributed by atoms with Crippen LogP contribution in [-0.4, -0.2) is 64.0 Å². The highest BCUT2D eigenvalue weighted by Crippen LogP contribution is 2.31. The number of anilines is 2. The van der Waals surface area contributed by atoms with Gasteiger partial charge in [0.2, 0.25) is 15.9 Å². The molecule has 0 atom stereocenters. The van der Waals surface area contributed by atoms with E-state index in [1.165, 1.54) is 10.4 Å². The number of sulfonamides is 1. The molecule has 2 aliphatic heterocycles. The van der Waals surface area contributed by atoms with E-state index in [1.54, 1.807) is 48.2 Å². The quantitative estimate of drug-likeness (QED) is 0.662. The average Bonchev–Trinajstić information content (AvgIpc) is 3.26. The third kappa shape index (κ3) is 5.02. The van der Waals surface area contributed by atoms with E-state index in [-0.39, 0.29) is 35.5 Å². The van der Waals surface area contributed by atoms with Crippen LogP contribution in [0.1, 0.15) is 30.1 Å². The molecule has 10 heteroatoms. The largest absolute Gasteiger partial charge is 0.492 e. The first kappa shape index (κ1) is 23.2. The molecule has 2 aromatic carbocycles. The van der Waals surface area contributed by atoms with Crippen LogP contribution in [0.25, 0.3) is 0 Å². The van der Waals surface area contributed by atoms with Crippen LogP contribution in [0, 0.1) is 0 Å². The first-order valence-corrected chi connectivity index (χ1v) is 12.4. The molecule has 176 valence electrons. The van der Waals surface area contributed by atoms with E-state index < -0.39 is 10.0 Å². The molecule has 4 rings (SSSR count).